The molecule has 0 bridgehead atoms. The summed E-state index contributed by atoms with van der Waals surface area (Å²) in [6.07, 6.45) is 0.954. The second kappa shape index (κ2) is 8.81. The van der Waals surface area contributed by atoms with E-state index in [1.807, 2.05) is 32.9 Å². The van der Waals surface area contributed by atoms with Crippen molar-refractivity contribution in [2.45, 2.75) is 33.3 Å². The van der Waals surface area contributed by atoms with E-state index in [9.17, 15) is 10.1 Å². The van der Waals surface area contributed by atoms with Crippen molar-refractivity contribution in [2.24, 2.45) is 11.7 Å². The van der Waals surface area contributed by atoms with Crippen LogP contribution in [0, 0.1) is 24.2 Å². The van der Waals surface area contributed by atoms with Crippen LogP contribution in [-0.2, 0) is 4.74 Å². The van der Waals surface area contributed by atoms with Crippen LogP contribution in [0.3, 0.4) is 0 Å². The molecule has 0 aliphatic carbocycles. The van der Waals surface area contributed by atoms with E-state index in [4.69, 9.17) is 15.2 Å². The maximum absolute atomic E-state index is 11.0. The largest absolute Gasteiger partial charge is 0.488 e. The van der Waals surface area contributed by atoms with Gasteiger partial charge >= 0.3 is 6.09 Å². The van der Waals surface area contributed by atoms with Gasteiger partial charge in [0.25, 0.3) is 0 Å². The van der Waals surface area contributed by atoms with Gasteiger partial charge in [-0.1, -0.05) is 19.9 Å². The SMILES string of the molecule is Cc1cc(-c2ccc(OC[C@H](CC(C)C)OC(N)=O)c(C#N)c2)cnn1. The molecule has 0 spiro atoms. The lowest BCUT2D eigenvalue weighted by Gasteiger charge is -2.19. The molecule has 136 valence electrons. The van der Waals surface area contributed by atoms with Gasteiger partial charge in [0.05, 0.1) is 17.5 Å². The maximum Gasteiger partial charge on any atom is 0.404 e. The van der Waals surface area contributed by atoms with Gasteiger partial charge in [-0.15, -0.1) is 0 Å². The lowest BCUT2D eigenvalue weighted by molar-refractivity contribution is 0.0590. The molecule has 0 aliphatic heterocycles. The average molecular weight is 354 g/mol. The number of rotatable bonds is 7. The average Bonchev–Trinajstić information content (AvgIpc) is 2.58. The number of amides is 1. The molecule has 0 saturated carbocycles. The molecule has 1 atom stereocenters. The first-order chi connectivity index (χ1) is 12.4. The zero-order valence-electron chi connectivity index (χ0n) is 15.1. The number of aryl methyl sites for hydroxylation is 1. The molecule has 2 N–H and O–H groups in total. The van der Waals surface area contributed by atoms with Crippen molar-refractivity contribution in [3.8, 4) is 22.9 Å². The first kappa shape index (κ1) is 19.2. The Hall–Kier alpha value is -3.14. The zero-order chi connectivity index (χ0) is 19.1. The molecule has 7 nitrogen and oxygen atoms in total. The van der Waals surface area contributed by atoms with E-state index in [1.54, 1.807) is 18.3 Å². The Morgan fingerprint density at radius 3 is 2.69 bits per heavy atom. The summed E-state index contributed by atoms with van der Waals surface area (Å²) in [6, 6.07) is 9.33. The fraction of sp³-hybridized carbons (Fsp3) is 0.368. The number of ether oxygens (including phenoxy) is 2. The topological polar surface area (TPSA) is 111 Å². The second-order valence-electron chi connectivity index (χ2n) is 6.41. The minimum atomic E-state index is -0.837. The van der Waals surface area contributed by atoms with Crippen LogP contribution >= 0.6 is 0 Å². The summed E-state index contributed by atoms with van der Waals surface area (Å²) in [4.78, 5) is 11.0. The van der Waals surface area contributed by atoms with E-state index in [0.717, 1.165) is 16.8 Å². The normalized spacial score (nSPS) is 11.7. The van der Waals surface area contributed by atoms with Crippen molar-refractivity contribution in [1.82, 2.24) is 10.2 Å². The lowest BCUT2D eigenvalue weighted by atomic mass is 10.0. The Labute approximate surface area is 152 Å². The molecule has 0 fully saturated rings. The summed E-state index contributed by atoms with van der Waals surface area (Å²) in [5.41, 5.74) is 8.01. The maximum atomic E-state index is 11.0. The van der Waals surface area contributed by atoms with Crippen molar-refractivity contribution in [2.75, 3.05) is 6.61 Å². The summed E-state index contributed by atoms with van der Waals surface area (Å²) in [6.45, 7) is 6.01. The molecule has 0 unspecified atom stereocenters. The number of nitriles is 1. The summed E-state index contributed by atoms with van der Waals surface area (Å²) >= 11 is 0. The van der Waals surface area contributed by atoms with Crippen LogP contribution in [0.25, 0.3) is 11.1 Å². The Morgan fingerprint density at radius 1 is 1.31 bits per heavy atom. The van der Waals surface area contributed by atoms with Gasteiger partial charge < -0.3 is 15.2 Å². The van der Waals surface area contributed by atoms with Crippen molar-refractivity contribution in [1.29, 1.82) is 5.26 Å². The Balaban J connectivity index is 2.16. The highest BCUT2D eigenvalue weighted by atomic mass is 16.6. The third kappa shape index (κ3) is 5.45. The van der Waals surface area contributed by atoms with Crippen LogP contribution in [0.1, 0.15) is 31.5 Å². The summed E-state index contributed by atoms with van der Waals surface area (Å²) in [5.74, 6) is 0.736. The number of benzene rings is 1. The van der Waals surface area contributed by atoms with Crippen molar-refractivity contribution < 1.29 is 14.3 Å². The molecule has 1 aromatic heterocycles. The molecule has 2 rings (SSSR count). The van der Waals surface area contributed by atoms with E-state index >= 15 is 0 Å². The minimum Gasteiger partial charge on any atom is -0.488 e. The Bertz CT molecular complexity index is 815. The third-order valence-corrected chi connectivity index (χ3v) is 3.65. The molecule has 0 radical (unpaired) electrons. The van der Waals surface area contributed by atoms with Crippen LogP contribution in [0.15, 0.2) is 30.5 Å². The fourth-order valence-corrected chi connectivity index (χ4v) is 2.58. The van der Waals surface area contributed by atoms with Gasteiger partial charge in [-0.2, -0.15) is 15.5 Å². The first-order valence-electron chi connectivity index (χ1n) is 8.31. The van der Waals surface area contributed by atoms with E-state index in [2.05, 4.69) is 16.3 Å². The predicted octanol–water partition coefficient (Wildman–Crippen LogP) is 3.21. The lowest BCUT2D eigenvalue weighted by Crippen LogP contribution is -2.29. The Kier molecular flexibility index (Phi) is 6.50. The van der Waals surface area contributed by atoms with Gasteiger partial charge in [-0.3, -0.25) is 0 Å². The molecule has 7 heteroatoms. The second-order valence-corrected chi connectivity index (χ2v) is 6.41. The highest BCUT2D eigenvalue weighted by Crippen LogP contribution is 2.26. The van der Waals surface area contributed by atoms with Crippen molar-refractivity contribution in [3.63, 3.8) is 0 Å². The molecule has 1 heterocycles. The highest BCUT2D eigenvalue weighted by molar-refractivity contribution is 5.66. The quantitative estimate of drug-likeness (QED) is 0.817. The van der Waals surface area contributed by atoms with E-state index in [1.165, 1.54) is 0 Å². The van der Waals surface area contributed by atoms with Gasteiger partial charge in [0.15, 0.2) is 0 Å². The number of carbonyl (C=O) groups is 1. The van der Waals surface area contributed by atoms with Crippen LogP contribution < -0.4 is 10.5 Å². The third-order valence-electron chi connectivity index (χ3n) is 3.65. The monoisotopic (exact) mass is 354 g/mol. The van der Waals surface area contributed by atoms with E-state index in [-0.39, 0.29) is 6.61 Å². The molecule has 0 aliphatic rings. The van der Waals surface area contributed by atoms with Crippen LogP contribution in [0.4, 0.5) is 4.79 Å². The van der Waals surface area contributed by atoms with Crippen molar-refractivity contribution in [3.05, 3.63) is 41.7 Å². The number of carbonyl (C=O) groups excluding carboxylic acids is 1. The summed E-state index contributed by atoms with van der Waals surface area (Å²) in [7, 11) is 0. The standard InChI is InChI=1S/C19H22N4O3/c1-12(2)6-17(26-19(21)24)11-25-18-5-4-14(8-15(18)9-20)16-7-13(3)23-22-10-16/h4-5,7-8,10,12,17H,6,11H2,1-3H3,(H2,21,24)/t17-/m0/s1. The highest BCUT2D eigenvalue weighted by Gasteiger charge is 2.17. The zero-order valence-corrected chi connectivity index (χ0v) is 15.1. The molecule has 0 saturated heterocycles. The minimum absolute atomic E-state index is 0.130. The number of hydrogen-bond acceptors (Lipinski definition) is 6. The predicted molar refractivity (Wildman–Crippen MR) is 96.3 cm³/mol. The van der Waals surface area contributed by atoms with Crippen LogP contribution in [0.5, 0.6) is 5.75 Å². The molecule has 26 heavy (non-hydrogen) atoms. The summed E-state index contributed by atoms with van der Waals surface area (Å²) in [5, 5.41) is 17.3. The van der Waals surface area contributed by atoms with Gasteiger partial charge in [-0.25, -0.2) is 4.79 Å². The van der Waals surface area contributed by atoms with Crippen molar-refractivity contribution >= 4 is 6.09 Å². The van der Waals surface area contributed by atoms with E-state index < -0.39 is 12.2 Å². The van der Waals surface area contributed by atoms with Gasteiger partial charge in [0, 0.05) is 5.56 Å². The van der Waals surface area contributed by atoms with Gasteiger partial charge in [-0.05, 0) is 43.0 Å². The molecule has 1 amide bonds. The number of nitrogens with zero attached hydrogens (tertiary/aromatic N) is 3. The van der Waals surface area contributed by atoms with Crippen LogP contribution in [0.2, 0.25) is 0 Å². The molecule has 1 aromatic carbocycles. The number of primary amides is 1. The Morgan fingerprint density at radius 2 is 2.08 bits per heavy atom. The smallest absolute Gasteiger partial charge is 0.404 e. The summed E-state index contributed by atoms with van der Waals surface area (Å²) < 4.78 is 10.8. The van der Waals surface area contributed by atoms with Crippen LogP contribution in [-0.4, -0.2) is 29.0 Å². The molecular weight excluding hydrogens is 332 g/mol. The first-order valence-corrected chi connectivity index (χ1v) is 8.31. The molecule has 2 aromatic rings. The fourth-order valence-electron chi connectivity index (χ4n) is 2.58. The molecular formula is C19H22N4O3. The number of nitrogens with two attached hydrogens (primary N) is 1. The number of aromatic nitrogens is 2. The van der Waals surface area contributed by atoms with Gasteiger partial charge in [0.1, 0.15) is 24.5 Å². The van der Waals surface area contributed by atoms with Gasteiger partial charge in [0.2, 0.25) is 0 Å². The van der Waals surface area contributed by atoms with E-state index in [0.29, 0.717) is 23.7 Å². The number of hydrogen-bond donors (Lipinski definition) is 1.